The summed E-state index contributed by atoms with van der Waals surface area (Å²) >= 11 is 0. The molecule has 0 aliphatic carbocycles. The smallest absolute Gasteiger partial charge is 0.322 e. The molecule has 2 amide bonds. The molecule has 1 unspecified atom stereocenters. The van der Waals surface area contributed by atoms with Gasteiger partial charge in [0.1, 0.15) is 5.75 Å². The molecule has 2 aromatic carbocycles. The molecule has 1 atom stereocenters. The predicted octanol–water partition coefficient (Wildman–Crippen LogP) is 7.47. The van der Waals surface area contributed by atoms with Crippen LogP contribution < -0.4 is 10.1 Å². The van der Waals surface area contributed by atoms with Crippen LogP contribution in [0.2, 0.25) is 0 Å². The van der Waals surface area contributed by atoms with Crippen molar-refractivity contribution in [3.8, 4) is 5.75 Å². The topological polar surface area (TPSA) is 71.5 Å². The van der Waals surface area contributed by atoms with Crippen LogP contribution in [0.15, 0.2) is 72.4 Å². The number of ketones is 1. The third-order valence-corrected chi connectivity index (χ3v) is 7.89. The van der Waals surface area contributed by atoms with Gasteiger partial charge in [-0.15, -0.1) is 0 Å². The fourth-order valence-electron chi connectivity index (χ4n) is 5.51. The van der Waals surface area contributed by atoms with Gasteiger partial charge in [-0.25, -0.2) is 4.79 Å². The number of rotatable bonds is 7. The molecule has 6 nitrogen and oxygen atoms in total. The van der Waals surface area contributed by atoms with Crippen LogP contribution in [0.1, 0.15) is 75.8 Å². The van der Waals surface area contributed by atoms with E-state index in [1.165, 1.54) is 0 Å². The summed E-state index contributed by atoms with van der Waals surface area (Å²) in [4.78, 5) is 34.4. The number of aromatic nitrogens is 1. The van der Waals surface area contributed by atoms with Crippen molar-refractivity contribution in [3.05, 3.63) is 94.8 Å². The zero-order chi connectivity index (χ0) is 29.0. The SMILES string of the molecule is COc1ccc(CC2N(C(=O)Nc3c(C(C)C)cccc3C(C)C)CC(=Cc3ccccn3)C(=O)C2(C)C)cc1. The number of anilines is 1. The number of Topliss-reactive ketones (excluding diaryl/α,β-unsaturated/α-hetero) is 1. The molecule has 0 spiro atoms. The molecule has 3 aromatic rings. The first-order chi connectivity index (χ1) is 19.0. The van der Waals surface area contributed by atoms with Gasteiger partial charge in [-0.05, 0) is 65.3 Å². The minimum Gasteiger partial charge on any atom is -0.497 e. The zero-order valence-corrected chi connectivity index (χ0v) is 24.7. The van der Waals surface area contributed by atoms with Gasteiger partial charge in [0.05, 0.1) is 25.4 Å². The van der Waals surface area contributed by atoms with Crippen molar-refractivity contribution in [2.75, 3.05) is 19.0 Å². The van der Waals surface area contributed by atoms with Gasteiger partial charge in [0.25, 0.3) is 0 Å². The first-order valence-electron chi connectivity index (χ1n) is 14.0. The molecule has 1 aliphatic heterocycles. The number of carbonyl (C=O) groups excluding carboxylic acids is 2. The van der Waals surface area contributed by atoms with Gasteiger partial charge < -0.3 is 15.0 Å². The summed E-state index contributed by atoms with van der Waals surface area (Å²) in [5.74, 6) is 1.28. The summed E-state index contributed by atoms with van der Waals surface area (Å²) in [7, 11) is 1.64. The molecular formula is C34H41N3O3. The number of likely N-dealkylation sites (tertiary alicyclic amines) is 1. The minimum atomic E-state index is -0.825. The zero-order valence-electron chi connectivity index (χ0n) is 24.7. The molecule has 1 aliphatic rings. The molecule has 210 valence electrons. The second-order valence-corrected chi connectivity index (χ2v) is 11.7. The Morgan fingerprint density at radius 1 is 1.02 bits per heavy atom. The maximum Gasteiger partial charge on any atom is 0.322 e. The monoisotopic (exact) mass is 539 g/mol. The lowest BCUT2D eigenvalue weighted by Gasteiger charge is -2.46. The number of amides is 2. The van der Waals surface area contributed by atoms with E-state index in [2.05, 4.69) is 56.2 Å². The van der Waals surface area contributed by atoms with E-state index in [1.807, 2.05) is 67.3 Å². The van der Waals surface area contributed by atoms with E-state index in [4.69, 9.17) is 4.74 Å². The first-order valence-corrected chi connectivity index (χ1v) is 14.0. The summed E-state index contributed by atoms with van der Waals surface area (Å²) in [6, 6.07) is 19.1. The average molecular weight is 540 g/mol. The highest BCUT2D eigenvalue weighted by molar-refractivity contribution is 6.06. The standard InChI is InChI=1S/C34H41N3O3/c1-22(2)28-12-10-13-29(23(3)4)31(28)36-33(39)37-21-25(20-26-11-8-9-18-35-26)32(38)34(5,6)30(37)19-24-14-16-27(40-7)17-15-24/h8-18,20,22-23,30H,19,21H2,1-7H3,(H,36,39). The number of nitrogens with one attached hydrogen (secondary N) is 1. The molecule has 4 rings (SSSR count). The summed E-state index contributed by atoms with van der Waals surface area (Å²) < 4.78 is 5.33. The Morgan fingerprint density at radius 2 is 1.68 bits per heavy atom. The van der Waals surface area contributed by atoms with E-state index in [0.29, 0.717) is 17.7 Å². The van der Waals surface area contributed by atoms with E-state index < -0.39 is 5.41 Å². The number of pyridine rings is 1. The van der Waals surface area contributed by atoms with E-state index >= 15 is 0 Å². The van der Waals surface area contributed by atoms with Crippen LogP contribution in [-0.2, 0) is 11.2 Å². The maximum atomic E-state index is 14.3. The molecule has 0 saturated carbocycles. The summed E-state index contributed by atoms with van der Waals surface area (Å²) in [6.45, 7) is 12.6. The summed E-state index contributed by atoms with van der Waals surface area (Å²) in [5, 5.41) is 3.30. The van der Waals surface area contributed by atoms with Crippen LogP contribution in [0, 0.1) is 5.41 Å². The number of nitrogens with zero attached hydrogens (tertiary/aromatic N) is 2. The van der Waals surface area contributed by atoms with Gasteiger partial charge in [-0.1, -0.05) is 77.9 Å². The Morgan fingerprint density at radius 3 is 2.23 bits per heavy atom. The van der Waals surface area contributed by atoms with Crippen molar-refractivity contribution in [2.24, 2.45) is 5.41 Å². The van der Waals surface area contributed by atoms with Crippen molar-refractivity contribution < 1.29 is 14.3 Å². The number of hydrogen-bond donors (Lipinski definition) is 1. The fourth-order valence-corrected chi connectivity index (χ4v) is 5.51. The molecule has 0 bridgehead atoms. The number of urea groups is 1. The molecule has 40 heavy (non-hydrogen) atoms. The molecule has 1 N–H and O–H groups in total. The lowest BCUT2D eigenvalue weighted by Crippen LogP contribution is -2.59. The van der Waals surface area contributed by atoms with Crippen LogP contribution in [0.4, 0.5) is 10.5 Å². The highest BCUT2D eigenvalue weighted by atomic mass is 16.5. The molecule has 1 aromatic heterocycles. The van der Waals surface area contributed by atoms with Crippen molar-refractivity contribution >= 4 is 23.6 Å². The lowest BCUT2D eigenvalue weighted by molar-refractivity contribution is -0.128. The van der Waals surface area contributed by atoms with Crippen molar-refractivity contribution in [2.45, 2.75) is 65.8 Å². The molecular weight excluding hydrogens is 498 g/mol. The van der Waals surface area contributed by atoms with Crippen LogP contribution in [0.5, 0.6) is 5.75 Å². The van der Waals surface area contributed by atoms with Gasteiger partial charge in [0.2, 0.25) is 0 Å². The summed E-state index contributed by atoms with van der Waals surface area (Å²) in [5.41, 5.74) is 4.55. The second-order valence-electron chi connectivity index (χ2n) is 11.7. The highest BCUT2D eigenvalue weighted by Crippen LogP contribution is 2.39. The number of para-hydroxylation sites is 1. The quantitative estimate of drug-likeness (QED) is 0.316. The highest BCUT2D eigenvalue weighted by Gasteiger charge is 2.48. The Kier molecular flexibility index (Phi) is 8.77. The number of benzene rings is 2. The number of ether oxygens (including phenoxy) is 1. The van der Waals surface area contributed by atoms with Gasteiger partial charge >= 0.3 is 6.03 Å². The van der Waals surface area contributed by atoms with E-state index in [-0.39, 0.29) is 36.2 Å². The van der Waals surface area contributed by atoms with Gasteiger partial charge in [-0.3, -0.25) is 9.78 Å². The Bertz CT molecular complexity index is 1350. The van der Waals surface area contributed by atoms with Crippen LogP contribution in [0.25, 0.3) is 6.08 Å². The van der Waals surface area contributed by atoms with Crippen LogP contribution in [-0.4, -0.2) is 41.4 Å². The molecule has 1 saturated heterocycles. The Labute approximate surface area is 238 Å². The third kappa shape index (κ3) is 6.11. The number of hydrogen-bond acceptors (Lipinski definition) is 4. The Hall–Kier alpha value is -3.93. The van der Waals surface area contributed by atoms with Crippen molar-refractivity contribution in [1.29, 1.82) is 0 Å². The molecule has 6 heteroatoms. The molecule has 2 heterocycles. The lowest BCUT2D eigenvalue weighted by atomic mass is 9.71. The van der Waals surface area contributed by atoms with Crippen LogP contribution in [0.3, 0.4) is 0 Å². The average Bonchev–Trinajstić information content (AvgIpc) is 2.93. The fraction of sp³-hybridized carbons (Fsp3) is 0.382. The van der Waals surface area contributed by atoms with E-state index in [0.717, 1.165) is 28.1 Å². The van der Waals surface area contributed by atoms with Gasteiger partial charge in [0.15, 0.2) is 5.78 Å². The number of carbonyl (C=O) groups is 2. The number of piperidine rings is 1. The number of methoxy groups -OCH3 is 1. The van der Waals surface area contributed by atoms with Crippen LogP contribution >= 0.6 is 0 Å². The normalized spacial score (nSPS) is 17.9. The van der Waals surface area contributed by atoms with E-state index in [9.17, 15) is 9.59 Å². The minimum absolute atomic E-state index is 0.0335. The molecule has 0 radical (unpaired) electrons. The van der Waals surface area contributed by atoms with Gasteiger partial charge in [-0.2, -0.15) is 0 Å². The molecule has 1 fully saturated rings. The van der Waals surface area contributed by atoms with Gasteiger partial charge in [0, 0.05) is 22.9 Å². The van der Waals surface area contributed by atoms with Crippen molar-refractivity contribution in [3.63, 3.8) is 0 Å². The predicted molar refractivity (Wildman–Crippen MR) is 162 cm³/mol. The first kappa shape index (κ1) is 29.1. The van der Waals surface area contributed by atoms with Crippen molar-refractivity contribution in [1.82, 2.24) is 9.88 Å². The second kappa shape index (κ2) is 12.1. The summed E-state index contributed by atoms with van der Waals surface area (Å²) in [6.07, 6.45) is 4.06. The maximum absolute atomic E-state index is 14.3. The van der Waals surface area contributed by atoms with E-state index in [1.54, 1.807) is 13.3 Å². The Balaban J connectivity index is 1.77. The largest absolute Gasteiger partial charge is 0.497 e. The third-order valence-electron chi connectivity index (χ3n) is 7.89.